The van der Waals surface area contributed by atoms with E-state index in [4.69, 9.17) is 19.3 Å². The summed E-state index contributed by atoms with van der Waals surface area (Å²) >= 11 is 1.31. The van der Waals surface area contributed by atoms with Crippen molar-refractivity contribution >= 4 is 30.1 Å². The maximum Gasteiger partial charge on any atom is 0.319 e. The molecule has 0 aliphatic rings. The molecular weight excluding hydrogens is 272 g/mol. The number of nitrogens with zero attached hydrogens (tertiary/aromatic N) is 2. The smallest absolute Gasteiger partial charge is 0.319 e. The molecule has 1 N–H and O–H groups in total. The highest BCUT2D eigenvalue weighted by molar-refractivity contribution is 7.95. The maximum absolute atomic E-state index is 11.2. The predicted octanol–water partition coefficient (Wildman–Crippen LogP) is 2.58. The minimum Gasteiger partial charge on any atom is -0.386 e. The highest BCUT2D eigenvalue weighted by atomic mass is 32.2. The van der Waals surface area contributed by atoms with Crippen molar-refractivity contribution < 1.29 is 13.5 Å². The maximum atomic E-state index is 11.2. The van der Waals surface area contributed by atoms with Crippen molar-refractivity contribution in [2.75, 3.05) is 5.75 Å². The molecule has 0 aromatic heterocycles. The standard InChI is InChI=1S/C11H8N2O3S2/c12-6-8-2-1-3-10(9(8)7-13)18-16-11(14)4-5-17-15/h1-3,15H,4-5H2. The fourth-order valence-corrected chi connectivity index (χ4v) is 1.97. The number of hydrogen-bond acceptors (Lipinski definition) is 7. The van der Waals surface area contributed by atoms with Gasteiger partial charge in [0.25, 0.3) is 0 Å². The summed E-state index contributed by atoms with van der Waals surface area (Å²) in [6, 6.07) is 8.53. The first-order chi connectivity index (χ1) is 8.72. The van der Waals surface area contributed by atoms with Gasteiger partial charge in [-0.15, -0.1) is 0 Å². The van der Waals surface area contributed by atoms with Gasteiger partial charge in [0.05, 0.1) is 34.5 Å². The SMILES string of the molecule is N#Cc1cccc(SOC(=O)CCSO)c1C#N. The second-order valence-electron chi connectivity index (χ2n) is 3.02. The lowest BCUT2D eigenvalue weighted by molar-refractivity contribution is -0.132. The van der Waals surface area contributed by atoms with E-state index in [1.165, 1.54) is 6.07 Å². The van der Waals surface area contributed by atoms with Gasteiger partial charge in [0.2, 0.25) is 0 Å². The summed E-state index contributed by atoms with van der Waals surface area (Å²) in [4.78, 5) is 11.6. The van der Waals surface area contributed by atoms with Crippen LogP contribution in [0.15, 0.2) is 23.1 Å². The number of carbonyl (C=O) groups is 1. The van der Waals surface area contributed by atoms with E-state index in [0.29, 0.717) is 16.9 Å². The molecule has 0 fully saturated rings. The Hall–Kier alpha value is -1.67. The Kier molecular flexibility index (Phi) is 6.09. The molecule has 0 aliphatic heterocycles. The molecule has 0 aliphatic carbocycles. The average Bonchev–Trinajstić information content (AvgIpc) is 2.41. The van der Waals surface area contributed by atoms with Gasteiger partial charge in [-0.3, -0.25) is 4.79 Å². The zero-order chi connectivity index (χ0) is 13.4. The number of rotatable bonds is 5. The number of carbonyl (C=O) groups excluding carboxylic acids is 1. The summed E-state index contributed by atoms with van der Waals surface area (Å²) in [5, 5.41) is 17.8. The van der Waals surface area contributed by atoms with Crippen molar-refractivity contribution in [1.82, 2.24) is 0 Å². The molecule has 0 saturated heterocycles. The van der Waals surface area contributed by atoms with Crippen molar-refractivity contribution in [2.45, 2.75) is 11.3 Å². The normalized spacial score (nSPS) is 9.28. The lowest BCUT2D eigenvalue weighted by Crippen LogP contribution is -2.00. The van der Waals surface area contributed by atoms with E-state index < -0.39 is 5.97 Å². The fraction of sp³-hybridized carbons (Fsp3) is 0.182. The van der Waals surface area contributed by atoms with Gasteiger partial charge in [0, 0.05) is 5.75 Å². The van der Waals surface area contributed by atoms with Crippen LogP contribution in [0.2, 0.25) is 0 Å². The Morgan fingerprint density at radius 3 is 2.78 bits per heavy atom. The molecule has 7 heteroatoms. The quantitative estimate of drug-likeness (QED) is 0.828. The molecule has 18 heavy (non-hydrogen) atoms. The lowest BCUT2D eigenvalue weighted by Gasteiger charge is -2.04. The summed E-state index contributed by atoms with van der Waals surface area (Å²) in [5.74, 6) is -0.240. The molecule has 0 spiro atoms. The van der Waals surface area contributed by atoms with Crippen LogP contribution in [0.25, 0.3) is 0 Å². The average molecular weight is 280 g/mol. The zero-order valence-corrected chi connectivity index (χ0v) is 10.8. The highest BCUT2D eigenvalue weighted by Crippen LogP contribution is 2.26. The Labute approximate surface area is 113 Å². The summed E-state index contributed by atoms with van der Waals surface area (Å²) in [7, 11) is 0. The number of benzene rings is 1. The summed E-state index contributed by atoms with van der Waals surface area (Å²) < 4.78 is 13.3. The third-order valence-corrected chi connectivity index (χ3v) is 3.06. The molecule has 5 nitrogen and oxygen atoms in total. The molecule has 0 amide bonds. The van der Waals surface area contributed by atoms with Crippen LogP contribution in [-0.2, 0) is 8.98 Å². The van der Waals surface area contributed by atoms with Gasteiger partial charge < -0.3 is 8.74 Å². The van der Waals surface area contributed by atoms with Crippen LogP contribution in [-0.4, -0.2) is 16.3 Å². The summed E-state index contributed by atoms with van der Waals surface area (Å²) in [6.07, 6.45) is 0.0774. The zero-order valence-electron chi connectivity index (χ0n) is 9.12. The lowest BCUT2D eigenvalue weighted by atomic mass is 10.1. The molecule has 92 valence electrons. The van der Waals surface area contributed by atoms with E-state index in [0.717, 1.165) is 12.0 Å². The third kappa shape index (κ3) is 3.97. The van der Waals surface area contributed by atoms with Gasteiger partial charge in [0.1, 0.15) is 12.1 Å². The van der Waals surface area contributed by atoms with Gasteiger partial charge in [-0.1, -0.05) is 6.07 Å². The largest absolute Gasteiger partial charge is 0.386 e. The first kappa shape index (κ1) is 14.4. The highest BCUT2D eigenvalue weighted by Gasteiger charge is 2.11. The molecule has 0 heterocycles. The summed E-state index contributed by atoms with van der Waals surface area (Å²) in [5.41, 5.74) is 0.429. The first-order valence-corrected chi connectivity index (χ1v) is 6.48. The molecule has 1 aromatic rings. The van der Waals surface area contributed by atoms with Gasteiger partial charge in [0.15, 0.2) is 0 Å². The first-order valence-electron chi connectivity index (χ1n) is 4.80. The molecule has 0 radical (unpaired) electrons. The molecule has 0 bridgehead atoms. The van der Waals surface area contributed by atoms with E-state index in [9.17, 15) is 4.79 Å². The predicted molar refractivity (Wildman–Crippen MR) is 67.5 cm³/mol. The Morgan fingerprint density at radius 1 is 1.39 bits per heavy atom. The van der Waals surface area contributed by atoms with Gasteiger partial charge in [-0.05, 0) is 24.2 Å². The Bertz CT molecular complexity index is 520. The van der Waals surface area contributed by atoms with Crippen molar-refractivity contribution in [3.8, 4) is 12.1 Å². The van der Waals surface area contributed by atoms with E-state index in [1.807, 2.05) is 12.1 Å². The topological polar surface area (TPSA) is 94.1 Å². The second kappa shape index (κ2) is 7.62. The van der Waals surface area contributed by atoms with Crippen LogP contribution < -0.4 is 0 Å². The Morgan fingerprint density at radius 2 is 2.17 bits per heavy atom. The van der Waals surface area contributed by atoms with Crippen molar-refractivity contribution in [3.05, 3.63) is 29.3 Å². The summed E-state index contributed by atoms with van der Waals surface area (Å²) in [6.45, 7) is 0. The molecule has 1 aromatic carbocycles. The van der Waals surface area contributed by atoms with Gasteiger partial charge in [-0.25, -0.2) is 0 Å². The second-order valence-corrected chi connectivity index (χ2v) is 4.46. The minimum absolute atomic E-state index is 0.0774. The number of nitriles is 2. The minimum atomic E-state index is -0.493. The van der Waals surface area contributed by atoms with Crippen LogP contribution in [0.4, 0.5) is 0 Å². The molecule has 0 atom stereocenters. The van der Waals surface area contributed by atoms with E-state index in [-0.39, 0.29) is 23.3 Å². The van der Waals surface area contributed by atoms with Crippen molar-refractivity contribution in [1.29, 1.82) is 10.5 Å². The van der Waals surface area contributed by atoms with Crippen LogP contribution >= 0.6 is 24.1 Å². The monoisotopic (exact) mass is 280 g/mol. The van der Waals surface area contributed by atoms with Crippen LogP contribution in [0.3, 0.4) is 0 Å². The van der Waals surface area contributed by atoms with Gasteiger partial charge >= 0.3 is 5.97 Å². The van der Waals surface area contributed by atoms with E-state index in [2.05, 4.69) is 0 Å². The van der Waals surface area contributed by atoms with Gasteiger partial charge in [-0.2, -0.15) is 10.5 Å². The molecule has 0 unspecified atom stereocenters. The van der Waals surface area contributed by atoms with Crippen molar-refractivity contribution in [3.63, 3.8) is 0 Å². The molecular formula is C11H8N2O3S2. The van der Waals surface area contributed by atoms with E-state index >= 15 is 0 Å². The fourth-order valence-electron chi connectivity index (χ4n) is 1.07. The van der Waals surface area contributed by atoms with E-state index in [1.54, 1.807) is 12.1 Å². The van der Waals surface area contributed by atoms with Crippen LogP contribution in [0.1, 0.15) is 17.5 Å². The Balaban J connectivity index is 2.72. The van der Waals surface area contributed by atoms with Crippen LogP contribution in [0, 0.1) is 22.7 Å². The van der Waals surface area contributed by atoms with Crippen LogP contribution in [0.5, 0.6) is 0 Å². The molecule has 1 rings (SSSR count). The third-order valence-electron chi connectivity index (χ3n) is 1.88. The van der Waals surface area contributed by atoms with Crippen molar-refractivity contribution in [2.24, 2.45) is 0 Å². The molecule has 0 saturated carbocycles. The number of hydrogen-bond donors (Lipinski definition) is 1.